The van der Waals surface area contributed by atoms with Gasteiger partial charge in [0.1, 0.15) is 11.9 Å². The summed E-state index contributed by atoms with van der Waals surface area (Å²) in [6.07, 6.45) is 0.914. The predicted molar refractivity (Wildman–Crippen MR) is 67.6 cm³/mol. The number of esters is 1. The minimum Gasteiger partial charge on any atom is -0.464 e. The number of nitrogens with zero attached hydrogens (tertiary/aromatic N) is 2. The van der Waals surface area contributed by atoms with E-state index < -0.39 is 5.97 Å². The fourth-order valence-corrected chi connectivity index (χ4v) is 1.95. The number of carbonyl (C=O) groups excluding carboxylic acids is 2. The van der Waals surface area contributed by atoms with E-state index in [0.717, 1.165) is 6.42 Å². The molecule has 7 nitrogen and oxygen atoms in total. The molecule has 19 heavy (non-hydrogen) atoms. The van der Waals surface area contributed by atoms with Gasteiger partial charge in [-0.25, -0.2) is 4.79 Å². The summed E-state index contributed by atoms with van der Waals surface area (Å²) in [5.74, 6) is 0.0952. The van der Waals surface area contributed by atoms with Gasteiger partial charge in [0.25, 0.3) is 0 Å². The molecule has 0 saturated carbocycles. The lowest BCUT2D eigenvalue weighted by molar-refractivity contribution is -0.124. The first-order chi connectivity index (χ1) is 9.11. The van der Waals surface area contributed by atoms with Gasteiger partial charge in [0, 0.05) is 6.54 Å². The van der Waals surface area contributed by atoms with E-state index in [1.165, 1.54) is 13.2 Å². The second-order valence-electron chi connectivity index (χ2n) is 4.47. The van der Waals surface area contributed by atoms with Crippen LogP contribution in [-0.2, 0) is 9.53 Å². The number of anilines is 1. The molecule has 0 spiro atoms. The molecule has 1 aromatic rings. The zero-order valence-electron chi connectivity index (χ0n) is 10.8. The van der Waals surface area contributed by atoms with Gasteiger partial charge in [-0.1, -0.05) is 6.92 Å². The smallest absolute Gasteiger partial charge is 0.358 e. The first-order valence-electron chi connectivity index (χ1n) is 6.08. The SMILES string of the molecule is COC(=O)c1ccc(NC2C(=O)NCCC2C)nn1. The molecular formula is C12H16N4O3. The van der Waals surface area contributed by atoms with Gasteiger partial charge in [0.05, 0.1) is 7.11 Å². The number of hydrogen-bond donors (Lipinski definition) is 2. The van der Waals surface area contributed by atoms with Gasteiger partial charge in [0.15, 0.2) is 5.69 Å². The minimum absolute atomic E-state index is 0.0439. The molecule has 1 aromatic heterocycles. The lowest BCUT2D eigenvalue weighted by Gasteiger charge is -2.29. The van der Waals surface area contributed by atoms with E-state index in [2.05, 4.69) is 25.6 Å². The molecule has 2 heterocycles. The van der Waals surface area contributed by atoms with E-state index in [0.29, 0.717) is 12.4 Å². The van der Waals surface area contributed by atoms with Crippen molar-refractivity contribution in [2.75, 3.05) is 19.0 Å². The van der Waals surface area contributed by atoms with E-state index in [4.69, 9.17) is 0 Å². The van der Waals surface area contributed by atoms with Crippen molar-refractivity contribution in [3.8, 4) is 0 Å². The summed E-state index contributed by atoms with van der Waals surface area (Å²) in [7, 11) is 1.28. The van der Waals surface area contributed by atoms with Crippen LogP contribution in [-0.4, -0.2) is 41.8 Å². The van der Waals surface area contributed by atoms with Crippen molar-refractivity contribution in [3.05, 3.63) is 17.8 Å². The number of hydrogen-bond acceptors (Lipinski definition) is 6. The second-order valence-corrected chi connectivity index (χ2v) is 4.47. The van der Waals surface area contributed by atoms with Crippen LogP contribution >= 0.6 is 0 Å². The molecule has 2 N–H and O–H groups in total. The van der Waals surface area contributed by atoms with Gasteiger partial charge in [-0.15, -0.1) is 10.2 Å². The Morgan fingerprint density at radius 3 is 2.84 bits per heavy atom. The van der Waals surface area contributed by atoms with Crippen LogP contribution in [0.5, 0.6) is 0 Å². The van der Waals surface area contributed by atoms with Crippen LogP contribution < -0.4 is 10.6 Å². The molecule has 1 aliphatic rings. The van der Waals surface area contributed by atoms with Crippen molar-refractivity contribution in [3.63, 3.8) is 0 Å². The Hall–Kier alpha value is -2.18. The van der Waals surface area contributed by atoms with Gasteiger partial charge < -0.3 is 15.4 Å². The number of nitrogens with one attached hydrogen (secondary N) is 2. The normalized spacial score (nSPS) is 22.5. The summed E-state index contributed by atoms with van der Waals surface area (Å²) < 4.78 is 4.53. The number of aromatic nitrogens is 2. The number of piperidine rings is 1. The number of rotatable bonds is 3. The highest BCUT2D eigenvalue weighted by molar-refractivity contribution is 5.87. The van der Waals surface area contributed by atoms with Crippen LogP contribution in [0.2, 0.25) is 0 Å². The highest BCUT2D eigenvalue weighted by Crippen LogP contribution is 2.16. The van der Waals surface area contributed by atoms with Crippen LogP contribution in [0.15, 0.2) is 12.1 Å². The molecule has 1 fully saturated rings. The molecule has 1 saturated heterocycles. The standard InChI is InChI=1S/C12H16N4O3/c1-7-5-6-13-11(17)10(7)14-9-4-3-8(15-16-9)12(18)19-2/h3-4,7,10H,5-6H2,1-2H3,(H,13,17)(H,14,16). The molecule has 0 bridgehead atoms. The molecule has 0 aliphatic carbocycles. The van der Waals surface area contributed by atoms with Crippen molar-refractivity contribution in [2.24, 2.45) is 5.92 Å². The van der Waals surface area contributed by atoms with Crippen LogP contribution in [0.25, 0.3) is 0 Å². The fraction of sp³-hybridized carbons (Fsp3) is 0.500. The maximum absolute atomic E-state index is 11.7. The topological polar surface area (TPSA) is 93.2 Å². The maximum Gasteiger partial charge on any atom is 0.358 e. The monoisotopic (exact) mass is 264 g/mol. The maximum atomic E-state index is 11.7. The number of ether oxygens (including phenoxy) is 1. The molecule has 2 unspecified atom stereocenters. The van der Waals surface area contributed by atoms with Gasteiger partial charge in [-0.3, -0.25) is 4.79 Å². The van der Waals surface area contributed by atoms with Crippen molar-refractivity contribution < 1.29 is 14.3 Å². The fourth-order valence-electron chi connectivity index (χ4n) is 1.95. The van der Waals surface area contributed by atoms with E-state index in [9.17, 15) is 9.59 Å². The third kappa shape index (κ3) is 2.98. The molecule has 0 aromatic carbocycles. The Labute approximate surface area is 110 Å². The average Bonchev–Trinajstić information content (AvgIpc) is 2.43. The largest absolute Gasteiger partial charge is 0.464 e. The number of amides is 1. The summed E-state index contributed by atoms with van der Waals surface area (Å²) in [4.78, 5) is 22.9. The van der Waals surface area contributed by atoms with Gasteiger partial charge in [0.2, 0.25) is 5.91 Å². The van der Waals surface area contributed by atoms with E-state index >= 15 is 0 Å². The highest BCUT2D eigenvalue weighted by atomic mass is 16.5. The number of carbonyl (C=O) groups is 2. The van der Waals surface area contributed by atoms with Gasteiger partial charge in [-0.05, 0) is 24.5 Å². The van der Waals surface area contributed by atoms with Crippen LogP contribution in [0.3, 0.4) is 0 Å². The van der Waals surface area contributed by atoms with Crippen LogP contribution in [0, 0.1) is 5.92 Å². The Bertz CT molecular complexity index is 474. The quantitative estimate of drug-likeness (QED) is 0.757. The molecular weight excluding hydrogens is 248 g/mol. The lowest BCUT2D eigenvalue weighted by Crippen LogP contribution is -2.49. The predicted octanol–water partition coefficient (Wildman–Crippen LogP) is 0.200. The third-order valence-electron chi connectivity index (χ3n) is 3.11. The van der Waals surface area contributed by atoms with E-state index in [-0.39, 0.29) is 23.6 Å². The molecule has 7 heteroatoms. The van der Waals surface area contributed by atoms with Crippen molar-refractivity contribution in [1.82, 2.24) is 15.5 Å². The molecule has 0 radical (unpaired) electrons. The first-order valence-corrected chi connectivity index (χ1v) is 6.08. The second kappa shape index (κ2) is 5.64. The summed E-state index contributed by atoms with van der Waals surface area (Å²) in [5, 5.41) is 13.4. The minimum atomic E-state index is -0.539. The molecule has 1 amide bonds. The molecule has 2 atom stereocenters. The Morgan fingerprint density at radius 2 is 2.26 bits per heavy atom. The Morgan fingerprint density at radius 1 is 1.47 bits per heavy atom. The molecule has 2 rings (SSSR count). The van der Waals surface area contributed by atoms with Gasteiger partial charge >= 0.3 is 5.97 Å². The summed E-state index contributed by atoms with van der Waals surface area (Å²) in [6, 6.07) is 2.78. The molecule has 102 valence electrons. The summed E-state index contributed by atoms with van der Waals surface area (Å²) >= 11 is 0. The summed E-state index contributed by atoms with van der Waals surface area (Å²) in [5.41, 5.74) is 0.134. The van der Waals surface area contributed by atoms with Crippen molar-refractivity contribution in [1.29, 1.82) is 0 Å². The summed E-state index contributed by atoms with van der Waals surface area (Å²) in [6.45, 7) is 2.71. The van der Waals surface area contributed by atoms with E-state index in [1.54, 1.807) is 6.07 Å². The highest BCUT2D eigenvalue weighted by Gasteiger charge is 2.28. The number of methoxy groups -OCH3 is 1. The average molecular weight is 264 g/mol. The lowest BCUT2D eigenvalue weighted by atomic mass is 9.94. The van der Waals surface area contributed by atoms with Crippen molar-refractivity contribution >= 4 is 17.7 Å². The molecule has 1 aliphatic heterocycles. The zero-order chi connectivity index (χ0) is 13.8. The van der Waals surface area contributed by atoms with Crippen molar-refractivity contribution in [2.45, 2.75) is 19.4 Å². The van der Waals surface area contributed by atoms with E-state index in [1.807, 2.05) is 6.92 Å². The zero-order valence-corrected chi connectivity index (χ0v) is 10.8. The third-order valence-corrected chi connectivity index (χ3v) is 3.11. The Kier molecular flexibility index (Phi) is 3.94. The Balaban J connectivity index is 2.06. The van der Waals surface area contributed by atoms with Gasteiger partial charge in [-0.2, -0.15) is 0 Å². The van der Waals surface area contributed by atoms with Crippen LogP contribution in [0.1, 0.15) is 23.8 Å². The first kappa shape index (κ1) is 13.3. The van der Waals surface area contributed by atoms with Crippen LogP contribution in [0.4, 0.5) is 5.82 Å².